The number of hydrogen-bond acceptors (Lipinski definition) is 4. The number of carboxylic acids is 1. The highest BCUT2D eigenvalue weighted by Gasteiger charge is 2.35. The third-order valence-electron chi connectivity index (χ3n) is 1.98. The predicted molar refractivity (Wildman–Crippen MR) is 59.9 cm³/mol. The maximum absolute atomic E-state index is 11.6. The maximum atomic E-state index is 11.6. The predicted octanol–water partition coefficient (Wildman–Crippen LogP) is 1.16. The quantitative estimate of drug-likeness (QED) is 0.547. The minimum absolute atomic E-state index is 0.482. The maximum Gasteiger partial charge on any atom is 0.322 e. The summed E-state index contributed by atoms with van der Waals surface area (Å²) in [6.45, 7) is 6.95. The van der Waals surface area contributed by atoms with E-state index >= 15 is 0 Å². The molecule has 0 spiro atoms. The molecule has 5 nitrogen and oxygen atoms in total. The smallest absolute Gasteiger partial charge is 0.322 e. The summed E-state index contributed by atoms with van der Waals surface area (Å²) in [6, 6.07) is -0.697. The van der Waals surface area contributed by atoms with Crippen molar-refractivity contribution in [3.05, 3.63) is 0 Å². The number of carboxylic acid groups (broad SMARTS) is 1. The highest BCUT2D eigenvalue weighted by atomic mass is 16.6. The molecule has 2 atom stereocenters. The molecule has 0 amide bonds. The normalized spacial score (nSPS) is 15.3. The van der Waals surface area contributed by atoms with E-state index in [0.29, 0.717) is 6.42 Å². The number of carbonyl (C=O) groups is 2. The average molecular weight is 231 g/mol. The molecule has 1 unspecified atom stereocenters. The largest absolute Gasteiger partial charge is 0.481 e. The van der Waals surface area contributed by atoms with Crippen molar-refractivity contribution in [3.8, 4) is 0 Å². The zero-order valence-electron chi connectivity index (χ0n) is 10.3. The van der Waals surface area contributed by atoms with Gasteiger partial charge in [0.05, 0.1) is 0 Å². The van der Waals surface area contributed by atoms with Crippen molar-refractivity contribution < 1.29 is 19.4 Å². The standard InChI is InChI=1S/C11H21NO4/c1-5-6-7(12)8(9(13)14)10(15)16-11(2,3)4/h7-8H,5-6,12H2,1-4H3,(H,13,14)/t7?,8-/m0/s1. The third kappa shape index (κ3) is 5.11. The Labute approximate surface area is 96.0 Å². The van der Waals surface area contributed by atoms with Crippen molar-refractivity contribution in [2.24, 2.45) is 11.7 Å². The monoisotopic (exact) mass is 231 g/mol. The number of aliphatic carboxylic acids is 1. The van der Waals surface area contributed by atoms with Crippen LogP contribution in [0.3, 0.4) is 0 Å². The van der Waals surface area contributed by atoms with Gasteiger partial charge in [-0.15, -0.1) is 0 Å². The molecular weight excluding hydrogens is 210 g/mol. The van der Waals surface area contributed by atoms with Crippen LogP contribution >= 0.6 is 0 Å². The van der Waals surface area contributed by atoms with Gasteiger partial charge in [0.2, 0.25) is 0 Å². The Morgan fingerprint density at radius 3 is 2.19 bits per heavy atom. The summed E-state index contributed by atoms with van der Waals surface area (Å²) in [7, 11) is 0. The minimum Gasteiger partial charge on any atom is -0.481 e. The van der Waals surface area contributed by atoms with Crippen LogP contribution in [0.1, 0.15) is 40.5 Å². The van der Waals surface area contributed by atoms with Crippen molar-refractivity contribution in [3.63, 3.8) is 0 Å². The molecule has 0 aromatic rings. The van der Waals surface area contributed by atoms with Crippen molar-refractivity contribution >= 4 is 11.9 Å². The van der Waals surface area contributed by atoms with Crippen LogP contribution < -0.4 is 5.73 Å². The summed E-state index contributed by atoms with van der Waals surface area (Å²) in [6.07, 6.45) is 1.21. The van der Waals surface area contributed by atoms with E-state index in [1.165, 1.54) is 0 Å². The van der Waals surface area contributed by atoms with Crippen LogP contribution in [-0.2, 0) is 14.3 Å². The highest BCUT2D eigenvalue weighted by molar-refractivity contribution is 5.94. The Morgan fingerprint density at radius 2 is 1.88 bits per heavy atom. The highest BCUT2D eigenvalue weighted by Crippen LogP contribution is 2.15. The van der Waals surface area contributed by atoms with Gasteiger partial charge < -0.3 is 15.6 Å². The van der Waals surface area contributed by atoms with E-state index in [1.54, 1.807) is 20.8 Å². The van der Waals surface area contributed by atoms with Crippen LogP contribution in [0.4, 0.5) is 0 Å². The first-order valence-corrected chi connectivity index (χ1v) is 5.40. The van der Waals surface area contributed by atoms with E-state index in [2.05, 4.69) is 0 Å². The molecule has 0 radical (unpaired) electrons. The summed E-state index contributed by atoms with van der Waals surface area (Å²) in [5, 5.41) is 8.96. The van der Waals surface area contributed by atoms with Gasteiger partial charge in [-0.3, -0.25) is 9.59 Å². The van der Waals surface area contributed by atoms with Gasteiger partial charge >= 0.3 is 11.9 Å². The second-order valence-corrected chi connectivity index (χ2v) is 4.80. The van der Waals surface area contributed by atoms with Gasteiger partial charge in [-0.1, -0.05) is 13.3 Å². The molecule has 0 bridgehead atoms. The number of carbonyl (C=O) groups excluding carboxylic acids is 1. The van der Waals surface area contributed by atoms with Crippen molar-refractivity contribution in [2.75, 3.05) is 0 Å². The lowest BCUT2D eigenvalue weighted by molar-refractivity contribution is -0.167. The zero-order valence-corrected chi connectivity index (χ0v) is 10.3. The molecule has 16 heavy (non-hydrogen) atoms. The number of rotatable bonds is 5. The second kappa shape index (κ2) is 5.84. The molecule has 0 fully saturated rings. The van der Waals surface area contributed by atoms with Crippen molar-refractivity contribution in [1.29, 1.82) is 0 Å². The van der Waals surface area contributed by atoms with Gasteiger partial charge in [-0.2, -0.15) is 0 Å². The lowest BCUT2D eigenvalue weighted by Crippen LogP contribution is -2.43. The summed E-state index contributed by atoms with van der Waals surface area (Å²) in [4.78, 5) is 22.6. The summed E-state index contributed by atoms with van der Waals surface area (Å²) in [5.74, 6) is -3.27. The van der Waals surface area contributed by atoms with Crippen LogP contribution in [0.2, 0.25) is 0 Å². The fourth-order valence-corrected chi connectivity index (χ4v) is 1.32. The Balaban J connectivity index is 4.66. The van der Waals surface area contributed by atoms with Gasteiger partial charge in [0.1, 0.15) is 5.60 Å². The van der Waals surface area contributed by atoms with E-state index in [0.717, 1.165) is 6.42 Å². The fourth-order valence-electron chi connectivity index (χ4n) is 1.32. The van der Waals surface area contributed by atoms with E-state index in [-0.39, 0.29) is 0 Å². The second-order valence-electron chi connectivity index (χ2n) is 4.80. The molecule has 0 aromatic heterocycles. The molecule has 0 saturated carbocycles. The Bertz CT molecular complexity index is 257. The first kappa shape index (κ1) is 14.9. The molecule has 0 aliphatic carbocycles. The molecule has 5 heteroatoms. The SMILES string of the molecule is CCCC(N)[C@@H](C(=O)O)C(=O)OC(C)(C)C. The lowest BCUT2D eigenvalue weighted by atomic mass is 9.96. The van der Waals surface area contributed by atoms with Crippen LogP contribution in [0, 0.1) is 5.92 Å². The molecule has 3 N–H and O–H groups in total. The van der Waals surface area contributed by atoms with Crippen LogP contribution in [0.5, 0.6) is 0 Å². The van der Waals surface area contributed by atoms with E-state index in [9.17, 15) is 9.59 Å². The number of ether oxygens (including phenoxy) is 1. The fraction of sp³-hybridized carbons (Fsp3) is 0.818. The number of esters is 1. The van der Waals surface area contributed by atoms with Crippen LogP contribution in [0.25, 0.3) is 0 Å². The van der Waals surface area contributed by atoms with E-state index in [4.69, 9.17) is 15.6 Å². The molecular formula is C11H21NO4. The van der Waals surface area contributed by atoms with E-state index in [1.807, 2.05) is 6.92 Å². The topological polar surface area (TPSA) is 89.6 Å². The van der Waals surface area contributed by atoms with Gasteiger partial charge in [-0.05, 0) is 27.2 Å². The lowest BCUT2D eigenvalue weighted by Gasteiger charge is -2.24. The Kier molecular flexibility index (Phi) is 5.44. The van der Waals surface area contributed by atoms with E-state index < -0.39 is 29.5 Å². The third-order valence-corrected chi connectivity index (χ3v) is 1.98. The summed E-state index contributed by atoms with van der Waals surface area (Å²) < 4.78 is 5.03. The summed E-state index contributed by atoms with van der Waals surface area (Å²) in [5.41, 5.74) is 4.97. The van der Waals surface area contributed by atoms with Gasteiger partial charge in [-0.25, -0.2) is 0 Å². The van der Waals surface area contributed by atoms with Gasteiger partial charge in [0, 0.05) is 6.04 Å². The molecule has 0 saturated heterocycles. The van der Waals surface area contributed by atoms with Crippen LogP contribution in [0.15, 0.2) is 0 Å². The molecule has 0 heterocycles. The first-order valence-electron chi connectivity index (χ1n) is 5.40. The van der Waals surface area contributed by atoms with Gasteiger partial charge in [0.25, 0.3) is 0 Å². The van der Waals surface area contributed by atoms with Crippen molar-refractivity contribution in [1.82, 2.24) is 0 Å². The van der Waals surface area contributed by atoms with Gasteiger partial charge in [0.15, 0.2) is 5.92 Å². The van der Waals surface area contributed by atoms with Crippen molar-refractivity contribution in [2.45, 2.75) is 52.2 Å². The minimum atomic E-state index is -1.28. The molecule has 0 rings (SSSR count). The number of nitrogens with two attached hydrogens (primary N) is 1. The summed E-state index contributed by atoms with van der Waals surface area (Å²) >= 11 is 0. The molecule has 0 aromatic carbocycles. The molecule has 94 valence electrons. The molecule has 0 aliphatic heterocycles. The molecule has 0 aliphatic rings. The Hall–Kier alpha value is -1.10. The number of hydrogen-bond donors (Lipinski definition) is 2. The Morgan fingerprint density at radius 1 is 1.38 bits per heavy atom. The first-order chi connectivity index (χ1) is 7.19. The zero-order chi connectivity index (χ0) is 12.9. The average Bonchev–Trinajstić information content (AvgIpc) is 1.99. The van der Waals surface area contributed by atoms with Crippen LogP contribution in [-0.4, -0.2) is 28.7 Å².